The van der Waals surface area contributed by atoms with Crippen molar-refractivity contribution < 1.29 is 9.53 Å². The molecule has 15 heavy (non-hydrogen) atoms. The molecule has 1 aliphatic heterocycles. The molecule has 0 aromatic heterocycles. The maximum atomic E-state index is 11.7. The summed E-state index contributed by atoms with van der Waals surface area (Å²) in [4.78, 5) is 13.8. The fourth-order valence-corrected chi connectivity index (χ4v) is 2.07. The third-order valence-electron chi connectivity index (χ3n) is 2.82. The summed E-state index contributed by atoms with van der Waals surface area (Å²) in [6.07, 6.45) is 0. The van der Waals surface area contributed by atoms with Gasteiger partial charge in [0.25, 0.3) is 5.91 Å². The SMILES string of the molecule is CC(C)C(C(=O)NN)N1CCOCC1C. The first-order chi connectivity index (χ1) is 7.07. The van der Waals surface area contributed by atoms with Crippen molar-refractivity contribution in [1.82, 2.24) is 10.3 Å². The van der Waals surface area contributed by atoms with Crippen LogP contribution in [0.25, 0.3) is 0 Å². The Morgan fingerprint density at radius 2 is 2.27 bits per heavy atom. The van der Waals surface area contributed by atoms with Gasteiger partial charge in [-0.3, -0.25) is 15.1 Å². The molecular weight excluding hydrogens is 194 g/mol. The summed E-state index contributed by atoms with van der Waals surface area (Å²) in [5.74, 6) is 5.34. The van der Waals surface area contributed by atoms with E-state index >= 15 is 0 Å². The zero-order valence-corrected chi connectivity index (χ0v) is 9.69. The van der Waals surface area contributed by atoms with Gasteiger partial charge < -0.3 is 4.74 Å². The summed E-state index contributed by atoms with van der Waals surface area (Å²) >= 11 is 0. The van der Waals surface area contributed by atoms with Crippen LogP contribution in [0.3, 0.4) is 0 Å². The van der Waals surface area contributed by atoms with E-state index < -0.39 is 0 Å². The molecule has 0 saturated carbocycles. The van der Waals surface area contributed by atoms with Crippen molar-refractivity contribution in [2.75, 3.05) is 19.8 Å². The van der Waals surface area contributed by atoms with Crippen LogP contribution in [0.15, 0.2) is 0 Å². The van der Waals surface area contributed by atoms with E-state index in [0.717, 1.165) is 6.54 Å². The van der Waals surface area contributed by atoms with Gasteiger partial charge in [-0.05, 0) is 12.8 Å². The molecule has 1 fully saturated rings. The lowest BCUT2D eigenvalue weighted by atomic mass is 9.99. The molecular formula is C10H21N3O2. The van der Waals surface area contributed by atoms with Crippen LogP contribution in [0, 0.1) is 5.92 Å². The largest absolute Gasteiger partial charge is 0.379 e. The third kappa shape index (κ3) is 2.90. The first kappa shape index (κ1) is 12.4. The molecule has 3 N–H and O–H groups in total. The fourth-order valence-electron chi connectivity index (χ4n) is 2.07. The van der Waals surface area contributed by atoms with E-state index in [2.05, 4.69) is 17.2 Å². The molecule has 1 heterocycles. The molecule has 0 aromatic rings. The second kappa shape index (κ2) is 5.44. The van der Waals surface area contributed by atoms with Crippen molar-refractivity contribution >= 4 is 5.91 Å². The normalized spacial score (nSPS) is 25.3. The molecule has 0 radical (unpaired) electrons. The molecule has 2 unspecified atom stereocenters. The van der Waals surface area contributed by atoms with E-state index in [1.165, 1.54) is 0 Å². The second-order valence-electron chi connectivity index (χ2n) is 4.36. The summed E-state index contributed by atoms with van der Waals surface area (Å²) in [5.41, 5.74) is 2.24. The minimum Gasteiger partial charge on any atom is -0.379 e. The summed E-state index contributed by atoms with van der Waals surface area (Å²) in [5, 5.41) is 0. The van der Waals surface area contributed by atoms with Crippen molar-refractivity contribution in [3.8, 4) is 0 Å². The molecule has 5 heteroatoms. The lowest BCUT2D eigenvalue weighted by Crippen LogP contribution is -2.58. The van der Waals surface area contributed by atoms with Gasteiger partial charge in [-0.2, -0.15) is 0 Å². The summed E-state index contributed by atoms with van der Waals surface area (Å²) in [6.45, 7) is 8.28. The fraction of sp³-hybridized carbons (Fsp3) is 0.900. The number of carbonyl (C=O) groups excluding carboxylic acids is 1. The highest BCUT2D eigenvalue weighted by Gasteiger charge is 2.33. The van der Waals surface area contributed by atoms with Gasteiger partial charge >= 0.3 is 0 Å². The van der Waals surface area contributed by atoms with Gasteiger partial charge in [-0.25, -0.2) is 5.84 Å². The molecule has 1 rings (SSSR count). The average molecular weight is 215 g/mol. The quantitative estimate of drug-likeness (QED) is 0.386. The molecule has 0 bridgehead atoms. The number of nitrogens with two attached hydrogens (primary N) is 1. The topological polar surface area (TPSA) is 67.6 Å². The molecule has 0 aromatic carbocycles. The highest BCUT2D eigenvalue weighted by Crippen LogP contribution is 2.17. The van der Waals surface area contributed by atoms with Crippen LogP contribution in [-0.2, 0) is 9.53 Å². The van der Waals surface area contributed by atoms with Crippen LogP contribution in [-0.4, -0.2) is 42.6 Å². The van der Waals surface area contributed by atoms with Crippen LogP contribution in [0.1, 0.15) is 20.8 Å². The number of amides is 1. The summed E-state index contributed by atoms with van der Waals surface area (Å²) in [6, 6.07) is 0.109. The van der Waals surface area contributed by atoms with Crippen molar-refractivity contribution in [1.29, 1.82) is 0 Å². The predicted octanol–water partition coefficient (Wildman–Crippen LogP) is -0.278. The van der Waals surface area contributed by atoms with Gasteiger partial charge in [0.15, 0.2) is 0 Å². The lowest BCUT2D eigenvalue weighted by Gasteiger charge is -2.40. The van der Waals surface area contributed by atoms with Gasteiger partial charge in [0.1, 0.15) is 0 Å². The Balaban J connectivity index is 2.73. The van der Waals surface area contributed by atoms with E-state index in [-0.39, 0.29) is 23.9 Å². The Hall–Kier alpha value is -0.650. The van der Waals surface area contributed by atoms with E-state index in [1.54, 1.807) is 0 Å². The Labute approximate surface area is 90.9 Å². The van der Waals surface area contributed by atoms with E-state index in [4.69, 9.17) is 10.6 Å². The van der Waals surface area contributed by atoms with Crippen LogP contribution in [0.5, 0.6) is 0 Å². The average Bonchev–Trinajstić information content (AvgIpc) is 2.20. The molecule has 1 aliphatic rings. The number of hydrogen-bond donors (Lipinski definition) is 2. The molecule has 2 atom stereocenters. The number of hydrogen-bond acceptors (Lipinski definition) is 4. The Morgan fingerprint density at radius 1 is 1.60 bits per heavy atom. The summed E-state index contributed by atoms with van der Waals surface area (Å²) in [7, 11) is 0. The van der Waals surface area contributed by atoms with Crippen molar-refractivity contribution in [3.63, 3.8) is 0 Å². The first-order valence-electron chi connectivity index (χ1n) is 5.42. The minimum absolute atomic E-state index is 0.112. The molecule has 1 saturated heterocycles. The number of hydrazine groups is 1. The molecule has 5 nitrogen and oxygen atoms in total. The minimum atomic E-state index is -0.158. The van der Waals surface area contributed by atoms with E-state index in [9.17, 15) is 4.79 Å². The van der Waals surface area contributed by atoms with Gasteiger partial charge in [-0.1, -0.05) is 13.8 Å². The van der Waals surface area contributed by atoms with Crippen LogP contribution >= 0.6 is 0 Å². The van der Waals surface area contributed by atoms with Gasteiger partial charge in [-0.15, -0.1) is 0 Å². The zero-order valence-electron chi connectivity index (χ0n) is 9.69. The van der Waals surface area contributed by atoms with E-state index in [0.29, 0.717) is 13.2 Å². The van der Waals surface area contributed by atoms with E-state index in [1.807, 2.05) is 13.8 Å². The monoisotopic (exact) mass is 215 g/mol. The van der Waals surface area contributed by atoms with Crippen molar-refractivity contribution in [2.45, 2.75) is 32.9 Å². The van der Waals surface area contributed by atoms with Crippen LogP contribution < -0.4 is 11.3 Å². The highest BCUT2D eigenvalue weighted by molar-refractivity contribution is 5.81. The van der Waals surface area contributed by atoms with Crippen molar-refractivity contribution in [3.05, 3.63) is 0 Å². The standard InChI is InChI=1S/C10H21N3O2/c1-7(2)9(10(14)12-11)13-4-5-15-6-8(13)3/h7-9H,4-6,11H2,1-3H3,(H,12,14). The maximum absolute atomic E-state index is 11.7. The molecule has 1 amide bonds. The number of carbonyl (C=O) groups is 1. The number of nitrogens with zero attached hydrogens (tertiary/aromatic N) is 1. The highest BCUT2D eigenvalue weighted by atomic mass is 16.5. The third-order valence-corrected chi connectivity index (χ3v) is 2.82. The smallest absolute Gasteiger partial charge is 0.251 e. The number of morpholine rings is 1. The van der Waals surface area contributed by atoms with Gasteiger partial charge in [0.05, 0.1) is 19.3 Å². The predicted molar refractivity (Wildman–Crippen MR) is 57.9 cm³/mol. The first-order valence-corrected chi connectivity index (χ1v) is 5.42. The number of ether oxygens (including phenoxy) is 1. The molecule has 88 valence electrons. The maximum Gasteiger partial charge on any atom is 0.251 e. The van der Waals surface area contributed by atoms with Crippen LogP contribution in [0.4, 0.5) is 0 Å². The zero-order chi connectivity index (χ0) is 11.4. The van der Waals surface area contributed by atoms with Crippen molar-refractivity contribution in [2.24, 2.45) is 11.8 Å². The van der Waals surface area contributed by atoms with Gasteiger partial charge in [0, 0.05) is 12.6 Å². The molecule has 0 spiro atoms. The number of rotatable bonds is 3. The Morgan fingerprint density at radius 3 is 2.73 bits per heavy atom. The Bertz CT molecular complexity index is 221. The molecule has 0 aliphatic carbocycles. The second-order valence-corrected chi connectivity index (χ2v) is 4.36. The van der Waals surface area contributed by atoms with Crippen LogP contribution in [0.2, 0.25) is 0 Å². The van der Waals surface area contributed by atoms with Gasteiger partial charge in [0.2, 0.25) is 0 Å². The number of nitrogens with one attached hydrogen (secondary N) is 1. The summed E-state index contributed by atoms with van der Waals surface area (Å²) < 4.78 is 5.35. The lowest BCUT2D eigenvalue weighted by molar-refractivity contribution is -0.132. The Kier molecular flexibility index (Phi) is 4.50.